The molecule has 1 aromatic carbocycles. The first-order valence-electron chi connectivity index (χ1n) is 4.27. The van der Waals surface area contributed by atoms with Gasteiger partial charge in [-0.3, -0.25) is 5.41 Å². The van der Waals surface area contributed by atoms with E-state index in [1.165, 1.54) is 11.1 Å². The highest BCUT2D eigenvalue weighted by molar-refractivity contribution is 5.79. The van der Waals surface area contributed by atoms with Crippen molar-refractivity contribution in [2.45, 2.75) is 19.6 Å². The molecule has 3 nitrogen and oxygen atoms in total. The number of hydrogen-bond donors (Lipinski definition) is 2. The molecule has 0 fully saturated rings. The number of fused-ring (bicyclic) bond motifs is 1. The topological polar surface area (TPSA) is 59.1 Å². The van der Waals surface area contributed by atoms with Crippen molar-refractivity contribution >= 4 is 5.84 Å². The smallest absolute Gasteiger partial charge is 0.0950 e. The van der Waals surface area contributed by atoms with E-state index in [1.54, 1.807) is 0 Å². The van der Waals surface area contributed by atoms with Crippen LogP contribution in [0.5, 0.6) is 0 Å². The van der Waals surface area contributed by atoms with E-state index in [-0.39, 0.29) is 5.84 Å². The standard InChI is InChI=1S/C10H12N2O/c11-10(12)4-7-1-2-8-5-13-6-9(8)3-7/h1-3H,4-6H2,(H3,11,12). The number of ether oxygens (including phenoxy) is 1. The zero-order valence-corrected chi connectivity index (χ0v) is 7.34. The molecule has 0 aliphatic carbocycles. The van der Waals surface area contributed by atoms with Crippen molar-refractivity contribution in [2.24, 2.45) is 5.73 Å². The molecule has 1 aromatic rings. The first-order chi connectivity index (χ1) is 6.25. The maximum absolute atomic E-state index is 7.18. The Labute approximate surface area is 77.0 Å². The number of hydrogen-bond acceptors (Lipinski definition) is 2. The molecule has 1 aliphatic heterocycles. The molecule has 0 bridgehead atoms. The van der Waals surface area contributed by atoms with E-state index in [1.807, 2.05) is 6.07 Å². The Morgan fingerprint density at radius 3 is 2.92 bits per heavy atom. The first-order valence-corrected chi connectivity index (χ1v) is 4.27. The van der Waals surface area contributed by atoms with Gasteiger partial charge < -0.3 is 10.5 Å². The molecule has 3 heteroatoms. The number of rotatable bonds is 2. The minimum absolute atomic E-state index is 0.207. The van der Waals surface area contributed by atoms with Gasteiger partial charge in [-0.2, -0.15) is 0 Å². The Balaban J connectivity index is 2.25. The van der Waals surface area contributed by atoms with Gasteiger partial charge in [-0.15, -0.1) is 0 Å². The van der Waals surface area contributed by atoms with Crippen LogP contribution in [0.2, 0.25) is 0 Å². The molecular weight excluding hydrogens is 164 g/mol. The SMILES string of the molecule is N=C(N)Cc1ccc2c(c1)COC2. The molecule has 0 aromatic heterocycles. The fourth-order valence-corrected chi connectivity index (χ4v) is 1.56. The molecule has 0 amide bonds. The van der Waals surface area contributed by atoms with Gasteiger partial charge in [-0.25, -0.2) is 0 Å². The van der Waals surface area contributed by atoms with Gasteiger partial charge in [0.25, 0.3) is 0 Å². The van der Waals surface area contributed by atoms with E-state index >= 15 is 0 Å². The van der Waals surface area contributed by atoms with Crippen LogP contribution in [-0.2, 0) is 24.4 Å². The predicted molar refractivity (Wildman–Crippen MR) is 50.6 cm³/mol. The molecule has 68 valence electrons. The highest BCUT2D eigenvalue weighted by Gasteiger charge is 2.10. The van der Waals surface area contributed by atoms with Crippen molar-refractivity contribution in [3.05, 3.63) is 34.9 Å². The van der Waals surface area contributed by atoms with Crippen LogP contribution in [-0.4, -0.2) is 5.84 Å². The second kappa shape index (κ2) is 3.18. The van der Waals surface area contributed by atoms with Crippen molar-refractivity contribution in [1.29, 1.82) is 5.41 Å². The van der Waals surface area contributed by atoms with E-state index in [0.717, 1.165) is 12.2 Å². The van der Waals surface area contributed by atoms with Crippen molar-refractivity contribution in [2.75, 3.05) is 0 Å². The predicted octanol–water partition coefficient (Wildman–Crippen LogP) is 1.20. The van der Waals surface area contributed by atoms with Gasteiger partial charge in [0.15, 0.2) is 0 Å². The van der Waals surface area contributed by atoms with Gasteiger partial charge in [-0.1, -0.05) is 18.2 Å². The molecule has 0 saturated heterocycles. The fourth-order valence-electron chi connectivity index (χ4n) is 1.56. The van der Waals surface area contributed by atoms with E-state index in [4.69, 9.17) is 15.9 Å². The molecule has 0 unspecified atom stereocenters. The van der Waals surface area contributed by atoms with Crippen LogP contribution in [0.15, 0.2) is 18.2 Å². The summed E-state index contributed by atoms with van der Waals surface area (Å²) in [5.74, 6) is 0.207. The van der Waals surface area contributed by atoms with E-state index in [2.05, 4.69) is 12.1 Å². The minimum Gasteiger partial charge on any atom is -0.387 e. The summed E-state index contributed by atoms with van der Waals surface area (Å²) < 4.78 is 5.29. The molecule has 2 rings (SSSR count). The van der Waals surface area contributed by atoms with Crippen LogP contribution in [0.3, 0.4) is 0 Å². The number of nitrogens with two attached hydrogens (primary N) is 1. The molecule has 0 radical (unpaired) electrons. The highest BCUT2D eigenvalue weighted by Crippen LogP contribution is 2.20. The van der Waals surface area contributed by atoms with E-state index in [0.29, 0.717) is 13.0 Å². The highest BCUT2D eigenvalue weighted by atomic mass is 16.5. The molecule has 3 N–H and O–H groups in total. The van der Waals surface area contributed by atoms with Gasteiger partial charge in [0, 0.05) is 6.42 Å². The fraction of sp³-hybridized carbons (Fsp3) is 0.300. The summed E-state index contributed by atoms with van der Waals surface area (Å²) in [5, 5.41) is 7.18. The summed E-state index contributed by atoms with van der Waals surface area (Å²) in [6.45, 7) is 1.41. The zero-order valence-electron chi connectivity index (χ0n) is 7.34. The lowest BCUT2D eigenvalue weighted by atomic mass is 10.0. The lowest BCUT2D eigenvalue weighted by Gasteiger charge is -2.01. The van der Waals surface area contributed by atoms with Crippen molar-refractivity contribution in [3.8, 4) is 0 Å². The Morgan fingerprint density at radius 1 is 1.38 bits per heavy atom. The second-order valence-electron chi connectivity index (χ2n) is 3.30. The Hall–Kier alpha value is -1.35. The molecular formula is C10H12N2O. The third kappa shape index (κ3) is 1.70. The van der Waals surface area contributed by atoms with E-state index < -0.39 is 0 Å². The largest absolute Gasteiger partial charge is 0.387 e. The van der Waals surface area contributed by atoms with Crippen LogP contribution in [0.25, 0.3) is 0 Å². The summed E-state index contributed by atoms with van der Waals surface area (Å²) in [5.41, 5.74) is 8.91. The summed E-state index contributed by atoms with van der Waals surface area (Å²) in [6, 6.07) is 6.14. The number of benzene rings is 1. The molecule has 0 atom stereocenters. The normalized spacial score (nSPS) is 14.2. The van der Waals surface area contributed by atoms with E-state index in [9.17, 15) is 0 Å². The maximum Gasteiger partial charge on any atom is 0.0950 e. The Kier molecular flexibility index (Phi) is 2.02. The summed E-state index contributed by atoms with van der Waals surface area (Å²) in [6.07, 6.45) is 0.535. The zero-order chi connectivity index (χ0) is 9.26. The minimum atomic E-state index is 0.207. The summed E-state index contributed by atoms with van der Waals surface area (Å²) >= 11 is 0. The van der Waals surface area contributed by atoms with Crippen molar-refractivity contribution in [3.63, 3.8) is 0 Å². The van der Waals surface area contributed by atoms with Crippen LogP contribution in [0.1, 0.15) is 16.7 Å². The van der Waals surface area contributed by atoms with Crippen molar-refractivity contribution in [1.82, 2.24) is 0 Å². The van der Waals surface area contributed by atoms with Gasteiger partial charge in [0.05, 0.1) is 19.0 Å². The number of amidine groups is 1. The second-order valence-corrected chi connectivity index (χ2v) is 3.30. The number of nitrogens with one attached hydrogen (secondary N) is 1. The van der Waals surface area contributed by atoms with Gasteiger partial charge in [0.2, 0.25) is 0 Å². The van der Waals surface area contributed by atoms with Gasteiger partial charge in [-0.05, 0) is 16.7 Å². The molecule has 1 heterocycles. The van der Waals surface area contributed by atoms with Crippen LogP contribution >= 0.6 is 0 Å². The quantitative estimate of drug-likeness (QED) is 0.525. The van der Waals surface area contributed by atoms with Crippen LogP contribution in [0.4, 0.5) is 0 Å². The maximum atomic E-state index is 7.18. The van der Waals surface area contributed by atoms with Gasteiger partial charge >= 0.3 is 0 Å². The Morgan fingerprint density at radius 2 is 2.15 bits per heavy atom. The third-order valence-corrected chi connectivity index (χ3v) is 2.18. The lowest BCUT2D eigenvalue weighted by molar-refractivity contribution is 0.134. The molecule has 0 spiro atoms. The lowest BCUT2D eigenvalue weighted by Crippen LogP contribution is -2.12. The monoisotopic (exact) mass is 176 g/mol. The molecule has 13 heavy (non-hydrogen) atoms. The average molecular weight is 176 g/mol. The van der Waals surface area contributed by atoms with Crippen LogP contribution in [0, 0.1) is 5.41 Å². The third-order valence-electron chi connectivity index (χ3n) is 2.18. The average Bonchev–Trinajstić information content (AvgIpc) is 2.49. The Bertz CT molecular complexity index is 347. The first kappa shape index (κ1) is 8.26. The summed E-state index contributed by atoms with van der Waals surface area (Å²) in [4.78, 5) is 0. The van der Waals surface area contributed by atoms with Crippen LogP contribution < -0.4 is 5.73 Å². The molecule has 1 aliphatic rings. The van der Waals surface area contributed by atoms with Gasteiger partial charge in [0.1, 0.15) is 0 Å². The van der Waals surface area contributed by atoms with Crippen molar-refractivity contribution < 1.29 is 4.74 Å². The molecule has 0 saturated carbocycles. The summed E-state index contributed by atoms with van der Waals surface area (Å²) in [7, 11) is 0.